The van der Waals surface area contributed by atoms with Crippen molar-refractivity contribution in [2.75, 3.05) is 13.1 Å². The SMILES string of the molecule is C/C(=C\c1ccccc1)CN(CC(C)C)C(=O)CCc1ccccc1. The van der Waals surface area contributed by atoms with E-state index in [1.807, 2.05) is 41.3 Å². The zero-order chi connectivity index (χ0) is 18.1. The fourth-order valence-corrected chi connectivity index (χ4v) is 2.93. The number of rotatable bonds is 8. The number of carbonyl (C=O) groups is 1. The summed E-state index contributed by atoms with van der Waals surface area (Å²) >= 11 is 0. The van der Waals surface area contributed by atoms with Crippen molar-refractivity contribution in [3.05, 3.63) is 77.4 Å². The molecule has 0 aromatic heterocycles. The molecule has 2 heteroatoms. The van der Waals surface area contributed by atoms with Crippen molar-refractivity contribution >= 4 is 12.0 Å². The van der Waals surface area contributed by atoms with Crippen LogP contribution < -0.4 is 0 Å². The monoisotopic (exact) mass is 335 g/mol. The molecule has 2 aromatic carbocycles. The quantitative estimate of drug-likeness (QED) is 0.648. The molecule has 0 heterocycles. The second-order valence-corrected chi connectivity index (χ2v) is 7.06. The van der Waals surface area contributed by atoms with Gasteiger partial charge in [-0.25, -0.2) is 0 Å². The Morgan fingerprint density at radius 1 is 1.00 bits per heavy atom. The van der Waals surface area contributed by atoms with Crippen molar-refractivity contribution in [3.8, 4) is 0 Å². The predicted octanol–water partition coefficient (Wildman–Crippen LogP) is 5.21. The van der Waals surface area contributed by atoms with E-state index >= 15 is 0 Å². The Morgan fingerprint density at radius 2 is 1.60 bits per heavy atom. The zero-order valence-corrected chi connectivity index (χ0v) is 15.6. The van der Waals surface area contributed by atoms with E-state index in [0.717, 1.165) is 13.0 Å². The van der Waals surface area contributed by atoms with Crippen LogP contribution >= 0.6 is 0 Å². The summed E-state index contributed by atoms with van der Waals surface area (Å²) in [5.74, 6) is 0.698. The smallest absolute Gasteiger partial charge is 0.223 e. The van der Waals surface area contributed by atoms with Crippen LogP contribution in [0.4, 0.5) is 0 Å². The van der Waals surface area contributed by atoms with E-state index in [1.165, 1.54) is 16.7 Å². The average molecular weight is 335 g/mol. The molecule has 0 N–H and O–H groups in total. The lowest BCUT2D eigenvalue weighted by Crippen LogP contribution is -2.35. The number of amides is 1. The fraction of sp³-hybridized carbons (Fsp3) is 0.348. The highest BCUT2D eigenvalue weighted by Gasteiger charge is 2.15. The molecule has 0 bridgehead atoms. The molecule has 0 aliphatic rings. The molecule has 132 valence electrons. The van der Waals surface area contributed by atoms with E-state index < -0.39 is 0 Å². The molecular weight excluding hydrogens is 306 g/mol. The number of nitrogens with zero attached hydrogens (tertiary/aromatic N) is 1. The van der Waals surface area contributed by atoms with Gasteiger partial charge in [0.15, 0.2) is 0 Å². The van der Waals surface area contributed by atoms with Gasteiger partial charge in [0.05, 0.1) is 0 Å². The van der Waals surface area contributed by atoms with Gasteiger partial charge >= 0.3 is 0 Å². The number of hydrogen-bond acceptors (Lipinski definition) is 1. The molecule has 0 spiro atoms. The van der Waals surface area contributed by atoms with E-state index in [1.54, 1.807) is 0 Å². The molecule has 0 atom stereocenters. The second kappa shape index (κ2) is 9.83. The molecule has 1 amide bonds. The first-order chi connectivity index (χ1) is 12.0. The number of aryl methyl sites for hydroxylation is 1. The van der Waals surface area contributed by atoms with E-state index in [4.69, 9.17) is 0 Å². The minimum absolute atomic E-state index is 0.235. The van der Waals surface area contributed by atoms with E-state index in [-0.39, 0.29) is 5.91 Å². The molecule has 0 aliphatic carbocycles. The van der Waals surface area contributed by atoms with Crippen LogP contribution in [0, 0.1) is 5.92 Å². The highest BCUT2D eigenvalue weighted by atomic mass is 16.2. The summed E-state index contributed by atoms with van der Waals surface area (Å²) in [7, 11) is 0. The summed E-state index contributed by atoms with van der Waals surface area (Å²) in [6.07, 6.45) is 3.53. The maximum absolute atomic E-state index is 12.7. The third kappa shape index (κ3) is 6.96. The third-order valence-corrected chi connectivity index (χ3v) is 4.06. The molecule has 25 heavy (non-hydrogen) atoms. The third-order valence-electron chi connectivity index (χ3n) is 4.06. The Morgan fingerprint density at radius 3 is 2.20 bits per heavy atom. The number of benzene rings is 2. The highest BCUT2D eigenvalue weighted by molar-refractivity contribution is 5.77. The zero-order valence-electron chi connectivity index (χ0n) is 15.6. The van der Waals surface area contributed by atoms with Gasteiger partial charge in [-0.2, -0.15) is 0 Å². The maximum Gasteiger partial charge on any atom is 0.223 e. The van der Waals surface area contributed by atoms with Gasteiger partial charge in [-0.05, 0) is 30.4 Å². The van der Waals surface area contributed by atoms with Crippen LogP contribution in [0.1, 0.15) is 38.3 Å². The van der Waals surface area contributed by atoms with Crippen molar-refractivity contribution in [2.45, 2.75) is 33.6 Å². The molecule has 2 rings (SSSR count). The average Bonchev–Trinajstić information content (AvgIpc) is 2.60. The minimum atomic E-state index is 0.235. The summed E-state index contributed by atoms with van der Waals surface area (Å²) in [5.41, 5.74) is 3.61. The van der Waals surface area contributed by atoms with Gasteiger partial charge in [0.25, 0.3) is 0 Å². The van der Waals surface area contributed by atoms with Crippen LogP contribution in [-0.2, 0) is 11.2 Å². The topological polar surface area (TPSA) is 20.3 Å². The second-order valence-electron chi connectivity index (χ2n) is 7.06. The standard InChI is InChI=1S/C23H29NO/c1-19(2)17-24(18-20(3)16-22-12-8-5-9-13-22)23(25)15-14-21-10-6-4-7-11-21/h4-13,16,19H,14-15,17-18H2,1-3H3/b20-16+. The van der Waals surface area contributed by atoms with Crippen molar-refractivity contribution in [1.29, 1.82) is 0 Å². The van der Waals surface area contributed by atoms with Crippen molar-refractivity contribution in [2.24, 2.45) is 5.92 Å². The Labute approximate surface area is 152 Å². The maximum atomic E-state index is 12.7. The van der Waals surface area contributed by atoms with Crippen LogP contribution in [0.25, 0.3) is 6.08 Å². The molecule has 0 saturated carbocycles. The van der Waals surface area contributed by atoms with Gasteiger partial charge in [-0.1, -0.05) is 86.2 Å². The summed E-state index contributed by atoms with van der Waals surface area (Å²) in [6.45, 7) is 7.92. The Hall–Kier alpha value is -2.35. The summed E-state index contributed by atoms with van der Waals surface area (Å²) in [6, 6.07) is 20.5. The van der Waals surface area contributed by atoms with Crippen molar-refractivity contribution < 1.29 is 4.79 Å². The number of hydrogen-bond donors (Lipinski definition) is 0. The molecule has 2 nitrogen and oxygen atoms in total. The normalized spacial score (nSPS) is 11.6. The van der Waals surface area contributed by atoms with Crippen molar-refractivity contribution in [3.63, 3.8) is 0 Å². The van der Waals surface area contributed by atoms with E-state index in [2.05, 4.69) is 51.1 Å². The molecule has 0 saturated heterocycles. The summed E-state index contributed by atoms with van der Waals surface area (Å²) in [5, 5.41) is 0. The lowest BCUT2D eigenvalue weighted by Gasteiger charge is -2.25. The van der Waals surface area contributed by atoms with Gasteiger partial charge in [0.2, 0.25) is 5.91 Å². The summed E-state index contributed by atoms with van der Waals surface area (Å²) in [4.78, 5) is 14.7. The first kappa shape index (κ1) is 19.0. The van der Waals surface area contributed by atoms with Gasteiger partial charge in [0.1, 0.15) is 0 Å². The van der Waals surface area contributed by atoms with E-state index in [0.29, 0.717) is 18.9 Å². The first-order valence-corrected chi connectivity index (χ1v) is 9.08. The molecule has 0 aliphatic heterocycles. The highest BCUT2D eigenvalue weighted by Crippen LogP contribution is 2.12. The van der Waals surface area contributed by atoms with Gasteiger partial charge in [-0.3, -0.25) is 4.79 Å². The number of carbonyl (C=O) groups excluding carboxylic acids is 1. The molecule has 0 radical (unpaired) electrons. The molecule has 2 aromatic rings. The molecular formula is C23H29NO. The largest absolute Gasteiger partial charge is 0.338 e. The van der Waals surface area contributed by atoms with Crippen LogP contribution in [0.15, 0.2) is 66.2 Å². The molecule has 0 unspecified atom stereocenters. The fourth-order valence-electron chi connectivity index (χ4n) is 2.93. The minimum Gasteiger partial charge on any atom is -0.338 e. The van der Waals surface area contributed by atoms with Gasteiger partial charge in [0, 0.05) is 19.5 Å². The Bertz CT molecular complexity index is 674. The first-order valence-electron chi connectivity index (χ1n) is 9.08. The van der Waals surface area contributed by atoms with Gasteiger partial charge in [-0.15, -0.1) is 0 Å². The van der Waals surface area contributed by atoms with Gasteiger partial charge < -0.3 is 4.90 Å². The van der Waals surface area contributed by atoms with Crippen LogP contribution in [0.3, 0.4) is 0 Å². The van der Waals surface area contributed by atoms with Crippen LogP contribution in [-0.4, -0.2) is 23.9 Å². The van der Waals surface area contributed by atoms with Crippen LogP contribution in [0.5, 0.6) is 0 Å². The predicted molar refractivity (Wildman–Crippen MR) is 106 cm³/mol. The molecule has 0 fully saturated rings. The summed E-state index contributed by atoms with van der Waals surface area (Å²) < 4.78 is 0. The lowest BCUT2D eigenvalue weighted by molar-refractivity contribution is -0.131. The lowest BCUT2D eigenvalue weighted by atomic mass is 10.1. The Balaban J connectivity index is 1.99. The van der Waals surface area contributed by atoms with E-state index in [9.17, 15) is 4.79 Å². The Kier molecular flexibility index (Phi) is 7.46. The van der Waals surface area contributed by atoms with Crippen LogP contribution in [0.2, 0.25) is 0 Å². The van der Waals surface area contributed by atoms with Crippen molar-refractivity contribution in [1.82, 2.24) is 4.90 Å².